The van der Waals surface area contributed by atoms with Crippen molar-refractivity contribution < 1.29 is 35.8 Å². The Kier molecular flexibility index (Phi) is 6.62. The van der Waals surface area contributed by atoms with Crippen LogP contribution in [0.4, 0.5) is 37.2 Å². The number of aromatic nitrogens is 2. The second kappa shape index (κ2) is 10.3. The molecule has 8 rings (SSSR count). The highest BCUT2D eigenvalue weighted by Gasteiger charge is 2.50. The zero-order chi connectivity index (χ0) is 32.1. The summed E-state index contributed by atoms with van der Waals surface area (Å²) in [5.41, 5.74) is 2.12. The molecule has 2 bridgehead atoms. The van der Waals surface area contributed by atoms with Gasteiger partial charge in [-0.3, -0.25) is 4.90 Å². The second-order valence-corrected chi connectivity index (χ2v) is 13.5. The van der Waals surface area contributed by atoms with Gasteiger partial charge in [0, 0.05) is 35.8 Å². The van der Waals surface area contributed by atoms with Gasteiger partial charge in [0.25, 0.3) is 0 Å². The maximum atomic E-state index is 16.9. The highest BCUT2D eigenvalue weighted by Crippen LogP contribution is 2.49. The SMILES string of the molecule is N#Cc1c(N)sc2c(F)ccc(-c3c(C(F)(F)F)cc4c(N5C[C@H]6C[C@@H]5CO6)nc(OC[C@@]56CCCN5C[C@H](F)C6)nc4c3F)c12. The lowest BCUT2D eigenvalue weighted by Crippen LogP contribution is -2.43. The summed E-state index contributed by atoms with van der Waals surface area (Å²) in [5.74, 6) is -2.06. The van der Waals surface area contributed by atoms with Crippen molar-refractivity contribution in [3.63, 3.8) is 0 Å². The van der Waals surface area contributed by atoms with Crippen molar-refractivity contribution in [2.75, 3.05) is 43.5 Å². The molecule has 4 aromatic rings. The molecule has 8 nitrogen and oxygen atoms in total. The number of morpholine rings is 1. The number of thiophene rings is 1. The third-order valence-corrected chi connectivity index (χ3v) is 10.8. The van der Waals surface area contributed by atoms with E-state index in [-0.39, 0.29) is 75.1 Å². The largest absolute Gasteiger partial charge is 0.461 e. The first-order valence-corrected chi connectivity index (χ1v) is 15.7. The van der Waals surface area contributed by atoms with Gasteiger partial charge in [0.2, 0.25) is 0 Å². The van der Waals surface area contributed by atoms with Crippen molar-refractivity contribution in [3.8, 4) is 23.2 Å². The zero-order valence-corrected chi connectivity index (χ0v) is 25.0. The summed E-state index contributed by atoms with van der Waals surface area (Å²) in [6.45, 7) is 1.69. The Morgan fingerprint density at radius 2 is 2.04 bits per heavy atom. The van der Waals surface area contributed by atoms with Crippen molar-refractivity contribution in [3.05, 3.63) is 41.0 Å². The summed E-state index contributed by atoms with van der Waals surface area (Å²) >= 11 is 0.698. The summed E-state index contributed by atoms with van der Waals surface area (Å²) in [6, 6.07) is 4.13. The van der Waals surface area contributed by atoms with Crippen LogP contribution in [0, 0.1) is 23.0 Å². The predicted molar refractivity (Wildman–Crippen MR) is 158 cm³/mol. The third kappa shape index (κ3) is 4.40. The van der Waals surface area contributed by atoms with Crippen LogP contribution in [0.25, 0.3) is 32.1 Å². The molecule has 0 spiro atoms. The lowest BCUT2D eigenvalue weighted by molar-refractivity contribution is -0.137. The number of halogens is 6. The maximum Gasteiger partial charge on any atom is 0.417 e. The summed E-state index contributed by atoms with van der Waals surface area (Å²) < 4.78 is 102. The van der Waals surface area contributed by atoms with Gasteiger partial charge in [0.1, 0.15) is 41.0 Å². The van der Waals surface area contributed by atoms with E-state index in [0.717, 1.165) is 24.6 Å². The summed E-state index contributed by atoms with van der Waals surface area (Å²) in [7, 11) is 0. The Hall–Kier alpha value is -3.87. The molecule has 240 valence electrons. The quantitative estimate of drug-likeness (QED) is 0.253. The lowest BCUT2D eigenvalue weighted by atomic mass is 9.92. The molecule has 0 aliphatic carbocycles. The van der Waals surface area contributed by atoms with Crippen LogP contribution in [0.2, 0.25) is 0 Å². The molecule has 46 heavy (non-hydrogen) atoms. The van der Waals surface area contributed by atoms with Crippen LogP contribution in [-0.2, 0) is 10.9 Å². The first-order valence-electron chi connectivity index (χ1n) is 14.9. The van der Waals surface area contributed by atoms with Gasteiger partial charge in [-0.15, -0.1) is 11.3 Å². The Morgan fingerprint density at radius 1 is 1.22 bits per heavy atom. The molecular formula is C31H26F6N6O2S. The normalized spacial score (nSPS) is 26.0. The number of nitrogens with zero attached hydrogens (tertiary/aromatic N) is 5. The zero-order valence-electron chi connectivity index (χ0n) is 24.1. The molecule has 0 unspecified atom stereocenters. The first kappa shape index (κ1) is 29.5. The highest BCUT2D eigenvalue weighted by atomic mass is 32.1. The predicted octanol–water partition coefficient (Wildman–Crippen LogP) is 6.20. The Morgan fingerprint density at radius 3 is 2.76 bits per heavy atom. The number of nitrogen functional groups attached to an aromatic ring is 1. The standard InChI is InChI=1S/C31H26F6N6O2S/c32-14-8-30(4-1-5-42(30)10-14)13-45-29-40-25-18(28(41-29)43-11-16-6-15(43)12-44-16)7-20(31(35,36)37)23(24(25)34)17-2-3-21(33)26-22(17)19(9-38)27(39)46-26/h2-3,7,14-16H,1,4-6,8,10-13,39H2/t14-,15-,16-,30+/m1/s1. The number of fused-ring (bicyclic) bond motifs is 5. The average molecular weight is 661 g/mol. The van der Waals surface area contributed by atoms with Crippen LogP contribution in [0.15, 0.2) is 18.2 Å². The average Bonchev–Trinajstić information content (AvgIpc) is 3.83. The maximum absolute atomic E-state index is 16.9. The van der Waals surface area contributed by atoms with E-state index in [1.54, 1.807) is 4.90 Å². The summed E-state index contributed by atoms with van der Waals surface area (Å²) in [4.78, 5) is 12.7. The van der Waals surface area contributed by atoms with E-state index in [2.05, 4.69) is 9.97 Å². The van der Waals surface area contributed by atoms with Crippen LogP contribution >= 0.6 is 11.3 Å². The smallest absolute Gasteiger partial charge is 0.417 e. The molecule has 4 atom stereocenters. The van der Waals surface area contributed by atoms with E-state index in [0.29, 0.717) is 43.9 Å². The fraction of sp³-hybridized carbons (Fsp3) is 0.452. The lowest BCUT2D eigenvalue weighted by Gasteiger charge is -2.32. The van der Waals surface area contributed by atoms with Crippen molar-refractivity contribution in [1.29, 1.82) is 5.26 Å². The number of anilines is 2. The van der Waals surface area contributed by atoms with Crippen LogP contribution in [0.5, 0.6) is 6.01 Å². The molecule has 0 radical (unpaired) electrons. The molecule has 4 aliphatic heterocycles. The first-order chi connectivity index (χ1) is 22.0. The van der Waals surface area contributed by atoms with Gasteiger partial charge in [0.05, 0.1) is 40.1 Å². The molecule has 6 heterocycles. The molecule has 2 N–H and O–H groups in total. The molecule has 2 aromatic carbocycles. The molecule has 2 aromatic heterocycles. The minimum atomic E-state index is -5.06. The summed E-state index contributed by atoms with van der Waals surface area (Å²) in [6.07, 6.45) is -3.78. The summed E-state index contributed by atoms with van der Waals surface area (Å²) in [5, 5.41) is 9.28. The number of benzene rings is 2. The van der Waals surface area contributed by atoms with Gasteiger partial charge >= 0.3 is 12.2 Å². The van der Waals surface area contributed by atoms with Gasteiger partial charge in [-0.2, -0.15) is 28.4 Å². The van der Waals surface area contributed by atoms with Crippen LogP contribution < -0.4 is 15.4 Å². The fourth-order valence-electron chi connectivity index (χ4n) is 7.78. The fourth-order valence-corrected chi connectivity index (χ4v) is 8.73. The minimum absolute atomic E-state index is 0.0287. The number of nitrogens with two attached hydrogens (primary N) is 1. The molecule has 0 saturated carbocycles. The molecule has 15 heteroatoms. The van der Waals surface area contributed by atoms with E-state index in [1.807, 2.05) is 11.0 Å². The van der Waals surface area contributed by atoms with Crippen molar-refractivity contribution in [2.24, 2.45) is 0 Å². The van der Waals surface area contributed by atoms with Gasteiger partial charge in [0.15, 0.2) is 5.82 Å². The van der Waals surface area contributed by atoms with E-state index < -0.39 is 46.2 Å². The van der Waals surface area contributed by atoms with Crippen LogP contribution in [0.1, 0.15) is 36.8 Å². The number of alkyl halides is 4. The van der Waals surface area contributed by atoms with Gasteiger partial charge in [-0.25, -0.2) is 13.2 Å². The number of ether oxygens (including phenoxy) is 2. The molecule has 0 amide bonds. The van der Waals surface area contributed by atoms with Gasteiger partial charge in [-0.1, -0.05) is 6.07 Å². The van der Waals surface area contributed by atoms with Crippen LogP contribution in [-0.4, -0.2) is 71.6 Å². The van der Waals surface area contributed by atoms with Gasteiger partial charge in [-0.05, 0) is 43.5 Å². The topological polar surface area (TPSA) is 101 Å². The van der Waals surface area contributed by atoms with E-state index in [1.165, 1.54) is 0 Å². The number of hydrogen-bond acceptors (Lipinski definition) is 9. The molecule has 4 fully saturated rings. The number of nitriles is 1. The van der Waals surface area contributed by atoms with Crippen molar-refractivity contribution in [2.45, 2.75) is 55.7 Å². The number of rotatable bonds is 5. The van der Waals surface area contributed by atoms with Crippen LogP contribution in [0.3, 0.4) is 0 Å². The molecular weight excluding hydrogens is 634 g/mol. The third-order valence-electron chi connectivity index (χ3n) is 9.80. The molecule has 4 aliphatic rings. The van der Waals surface area contributed by atoms with Gasteiger partial charge < -0.3 is 20.1 Å². The highest BCUT2D eigenvalue weighted by molar-refractivity contribution is 7.23. The van der Waals surface area contributed by atoms with E-state index in [4.69, 9.17) is 15.2 Å². The minimum Gasteiger partial charge on any atom is -0.461 e. The Labute approximate surface area is 262 Å². The number of hydrogen-bond donors (Lipinski definition) is 1. The Balaban J connectivity index is 1.35. The van der Waals surface area contributed by atoms with E-state index in [9.17, 15) is 27.2 Å². The van der Waals surface area contributed by atoms with Crippen molar-refractivity contribution in [1.82, 2.24) is 14.9 Å². The Bertz CT molecular complexity index is 1960. The van der Waals surface area contributed by atoms with E-state index >= 15 is 4.39 Å². The second-order valence-electron chi connectivity index (χ2n) is 12.5. The monoisotopic (exact) mass is 660 g/mol. The van der Waals surface area contributed by atoms with Crippen molar-refractivity contribution >= 4 is 43.1 Å². The molecule has 4 saturated heterocycles.